The summed E-state index contributed by atoms with van der Waals surface area (Å²) in [7, 11) is 1.32. The van der Waals surface area contributed by atoms with Crippen molar-refractivity contribution in [3.05, 3.63) is 24.0 Å². The van der Waals surface area contributed by atoms with Crippen LogP contribution in [0.3, 0.4) is 0 Å². The Balaban J connectivity index is 2.28. The molecule has 0 radical (unpaired) electrons. The second kappa shape index (κ2) is 3.53. The Hall–Kier alpha value is -1.58. The number of methoxy groups -OCH3 is 1. The smallest absolute Gasteiger partial charge is 0.319 e. The summed E-state index contributed by atoms with van der Waals surface area (Å²) in [5.41, 5.74) is -0.431. The van der Waals surface area contributed by atoms with Crippen LogP contribution in [0.4, 0.5) is 0 Å². The highest BCUT2D eigenvalue weighted by atomic mass is 16.5. The van der Waals surface area contributed by atoms with Crippen LogP contribution in [0.15, 0.2) is 18.3 Å². The summed E-state index contributed by atoms with van der Waals surface area (Å²) in [6.45, 7) is 0. The van der Waals surface area contributed by atoms with Crippen LogP contribution in [0, 0.1) is 5.41 Å². The number of carbonyl (C=O) groups is 2. The lowest BCUT2D eigenvalue weighted by atomic mass is 9.65. The molecular formula is C11H13NO3. The number of Topliss-reactive ketones (excluding diaryl/α,β-unsaturated/α-hetero) is 1. The van der Waals surface area contributed by atoms with Crippen molar-refractivity contribution >= 4 is 11.8 Å². The summed E-state index contributed by atoms with van der Waals surface area (Å²) < 4.78 is 4.70. The Morgan fingerprint density at radius 1 is 1.47 bits per heavy atom. The topological polar surface area (TPSA) is 59.2 Å². The molecule has 1 N–H and O–H groups in total. The van der Waals surface area contributed by atoms with Gasteiger partial charge in [-0.15, -0.1) is 0 Å². The third-order valence-corrected chi connectivity index (χ3v) is 3.06. The van der Waals surface area contributed by atoms with Crippen LogP contribution in [-0.4, -0.2) is 23.8 Å². The van der Waals surface area contributed by atoms with Crippen LogP contribution in [0.1, 0.15) is 29.8 Å². The largest absolute Gasteiger partial charge is 0.468 e. The number of aromatic amines is 1. The van der Waals surface area contributed by atoms with Gasteiger partial charge >= 0.3 is 5.97 Å². The van der Waals surface area contributed by atoms with Gasteiger partial charge in [0.2, 0.25) is 0 Å². The fourth-order valence-corrected chi connectivity index (χ4v) is 1.98. The minimum atomic E-state index is -0.917. The zero-order chi connectivity index (χ0) is 10.9. The Morgan fingerprint density at radius 2 is 2.20 bits per heavy atom. The summed E-state index contributed by atoms with van der Waals surface area (Å²) in [6.07, 6.45) is 3.77. The molecule has 1 aromatic heterocycles. The zero-order valence-electron chi connectivity index (χ0n) is 8.58. The molecule has 0 amide bonds. The van der Waals surface area contributed by atoms with Gasteiger partial charge in [0.15, 0.2) is 5.78 Å². The van der Waals surface area contributed by atoms with E-state index in [0.717, 1.165) is 6.42 Å². The first-order valence-corrected chi connectivity index (χ1v) is 4.97. The summed E-state index contributed by atoms with van der Waals surface area (Å²) in [4.78, 5) is 26.5. The van der Waals surface area contributed by atoms with Crippen molar-refractivity contribution < 1.29 is 14.3 Å². The first-order valence-electron chi connectivity index (χ1n) is 4.97. The van der Waals surface area contributed by atoms with E-state index in [2.05, 4.69) is 4.98 Å². The quantitative estimate of drug-likeness (QED) is 0.464. The van der Waals surface area contributed by atoms with Crippen LogP contribution >= 0.6 is 0 Å². The van der Waals surface area contributed by atoms with Crippen molar-refractivity contribution in [3.8, 4) is 0 Å². The molecule has 1 aromatic rings. The van der Waals surface area contributed by atoms with E-state index in [1.54, 1.807) is 18.3 Å². The standard InChI is InChI=1S/C11H13NO3/c1-15-10(14)11(5-3-6-11)9(13)8-4-2-7-12-8/h2,4,7,12H,3,5-6H2,1H3. The highest BCUT2D eigenvalue weighted by molar-refractivity contribution is 6.12. The molecule has 0 aliphatic heterocycles. The first kappa shape index (κ1) is 9.96. The van der Waals surface area contributed by atoms with Crippen LogP contribution < -0.4 is 0 Å². The van der Waals surface area contributed by atoms with Crippen molar-refractivity contribution in [3.63, 3.8) is 0 Å². The van der Waals surface area contributed by atoms with Crippen LogP contribution in [0.5, 0.6) is 0 Å². The highest BCUT2D eigenvalue weighted by Crippen LogP contribution is 2.44. The third kappa shape index (κ3) is 1.37. The Bertz CT molecular complexity index is 377. The molecule has 0 atom stereocenters. The Kier molecular flexibility index (Phi) is 2.34. The van der Waals surface area contributed by atoms with Crippen molar-refractivity contribution in [1.29, 1.82) is 0 Å². The SMILES string of the molecule is COC(=O)C1(C(=O)c2ccc[nH]2)CCC1. The van der Waals surface area contributed by atoms with Gasteiger partial charge in [-0.1, -0.05) is 6.42 Å². The summed E-state index contributed by atoms with van der Waals surface area (Å²) in [5, 5.41) is 0. The molecule has 1 aliphatic rings. The number of rotatable bonds is 3. The van der Waals surface area contributed by atoms with Gasteiger partial charge in [-0.25, -0.2) is 0 Å². The maximum Gasteiger partial charge on any atom is 0.319 e. The Morgan fingerprint density at radius 3 is 2.60 bits per heavy atom. The van der Waals surface area contributed by atoms with Gasteiger partial charge in [-0.05, 0) is 25.0 Å². The normalized spacial score (nSPS) is 17.9. The molecule has 4 nitrogen and oxygen atoms in total. The van der Waals surface area contributed by atoms with Gasteiger partial charge in [0.25, 0.3) is 0 Å². The molecule has 15 heavy (non-hydrogen) atoms. The summed E-state index contributed by atoms with van der Waals surface area (Å²) >= 11 is 0. The molecule has 0 unspecified atom stereocenters. The lowest BCUT2D eigenvalue weighted by molar-refractivity contribution is -0.153. The molecule has 1 fully saturated rings. The number of esters is 1. The van der Waals surface area contributed by atoms with Gasteiger partial charge in [0.05, 0.1) is 12.8 Å². The lowest BCUT2D eigenvalue weighted by Gasteiger charge is -2.36. The average Bonchev–Trinajstić information content (AvgIpc) is 2.68. The second-order valence-electron chi connectivity index (χ2n) is 3.84. The number of hydrogen-bond acceptors (Lipinski definition) is 3. The van der Waals surface area contributed by atoms with Gasteiger partial charge in [-0.3, -0.25) is 9.59 Å². The number of ether oxygens (including phenoxy) is 1. The van der Waals surface area contributed by atoms with E-state index in [9.17, 15) is 9.59 Å². The molecule has 0 spiro atoms. The lowest BCUT2D eigenvalue weighted by Crippen LogP contribution is -2.46. The van der Waals surface area contributed by atoms with E-state index in [1.807, 2.05) is 0 Å². The molecule has 1 aliphatic carbocycles. The molecule has 0 bridgehead atoms. The van der Waals surface area contributed by atoms with Crippen molar-refractivity contribution in [2.45, 2.75) is 19.3 Å². The van der Waals surface area contributed by atoms with Crippen LogP contribution in [0.2, 0.25) is 0 Å². The second-order valence-corrected chi connectivity index (χ2v) is 3.84. The van der Waals surface area contributed by atoms with E-state index < -0.39 is 11.4 Å². The molecular weight excluding hydrogens is 194 g/mol. The Labute approximate surface area is 87.6 Å². The summed E-state index contributed by atoms with van der Waals surface area (Å²) in [5.74, 6) is -0.557. The monoisotopic (exact) mass is 207 g/mol. The molecule has 1 heterocycles. The van der Waals surface area contributed by atoms with Gasteiger partial charge in [0, 0.05) is 6.20 Å². The van der Waals surface area contributed by atoms with Crippen molar-refractivity contribution in [1.82, 2.24) is 4.98 Å². The average molecular weight is 207 g/mol. The summed E-state index contributed by atoms with van der Waals surface area (Å²) in [6, 6.07) is 3.43. The maximum atomic E-state index is 12.1. The van der Waals surface area contributed by atoms with E-state index in [1.165, 1.54) is 7.11 Å². The number of H-pyrrole nitrogens is 1. The van der Waals surface area contributed by atoms with E-state index >= 15 is 0 Å². The molecule has 0 saturated heterocycles. The van der Waals surface area contributed by atoms with Gasteiger partial charge < -0.3 is 9.72 Å². The number of carbonyl (C=O) groups excluding carboxylic acids is 2. The van der Waals surface area contributed by atoms with Crippen molar-refractivity contribution in [2.24, 2.45) is 5.41 Å². The van der Waals surface area contributed by atoms with Crippen LogP contribution in [0.25, 0.3) is 0 Å². The fourth-order valence-electron chi connectivity index (χ4n) is 1.98. The van der Waals surface area contributed by atoms with E-state index in [-0.39, 0.29) is 5.78 Å². The van der Waals surface area contributed by atoms with Crippen molar-refractivity contribution in [2.75, 3.05) is 7.11 Å². The minimum absolute atomic E-state index is 0.148. The molecule has 1 saturated carbocycles. The minimum Gasteiger partial charge on any atom is -0.468 e. The van der Waals surface area contributed by atoms with Gasteiger partial charge in [0.1, 0.15) is 5.41 Å². The van der Waals surface area contributed by atoms with E-state index in [4.69, 9.17) is 4.74 Å². The molecule has 80 valence electrons. The number of aromatic nitrogens is 1. The fraction of sp³-hybridized carbons (Fsp3) is 0.455. The third-order valence-electron chi connectivity index (χ3n) is 3.06. The number of ketones is 1. The molecule has 0 aromatic carbocycles. The van der Waals surface area contributed by atoms with Gasteiger partial charge in [-0.2, -0.15) is 0 Å². The van der Waals surface area contributed by atoms with Crippen LogP contribution in [-0.2, 0) is 9.53 Å². The molecule has 2 rings (SSSR count). The predicted octanol–water partition coefficient (Wildman–Crippen LogP) is 1.54. The molecule has 4 heteroatoms. The number of nitrogens with one attached hydrogen (secondary N) is 1. The predicted molar refractivity (Wildman–Crippen MR) is 53.4 cm³/mol. The maximum absolute atomic E-state index is 12.1. The zero-order valence-corrected chi connectivity index (χ0v) is 8.58. The van der Waals surface area contributed by atoms with E-state index in [0.29, 0.717) is 18.5 Å². The highest BCUT2D eigenvalue weighted by Gasteiger charge is 2.52. The first-order chi connectivity index (χ1) is 7.20. The number of hydrogen-bond donors (Lipinski definition) is 1.